The predicted molar refractivity (Wildman–Crippen MR) is 124 cm³/mol. The Bertz CT molecular complexity index is 1290. The highest BCUT2D eigenvalue weighted by Crippen LogP contribution is 2.34. The van der Waals surface area contributed by atoms with Crippen LogP contribution in [0.5, 0.6) is 0 Å². The van der Waals surface area contributed by atoms with Crippen LogP contribution in [-0.4, -0.2) is 35.8 Å². The Hall–Kier alpha value is -2.35. The summed E-state index contributed by atoms with van der Waals surface area (Å²) in [6, 6.07) is 8.39. The number of nitrogens with zero attached hydrogens (tertiary/aromatic N) is 2. The molecule has 0 aliphatic carbocycles. The van der Waals surface area contributed by atoms with Gasteiger partial charge in [0.05, 0.1) is 22.0 Å². The second kappa shape index (κ2) is 9.65. The number of pyridine rings is 1. The Kier molecular flexibility index (Phi) is 7.32. The van der Waals surface area contributed by atoms with Crippen LogP contribution >= 0.6 is 34.2 Å². The second-order valence-corrected chi connectivity index (χ2v) is 10.3. The molecule has 0 atom stereocenters. The minimum absolute atomic E-state index is 0.122. The number of carboxylic acids is 1. The van der Waals surface area contributed by atoms with Crippen molar-refractivity contribution < 1.29 is 27.1 Å². The van der Waals surface area contributed by atoms with Crippen LogP contribution in [0.2, 0.25) is 5.02 Å². The van der Waals surface area contributed by atoms with Crippen LogP contribution in [-0.2, 0) is 16.6 Å². The molecule has 168 valence electrons. The summed E-state index contributed by atoms with van der Waals surface area (Å²) < 4.78 is 57.2. The molecule has 32 heavy (non-hydrogen) atoms. The molecule has 7 nitrogen and oxygen atoms in total. The van der Waals surface area contributed by atoms with E-state index in [9.17, 15) is 27.1 Å². The Morgan fingerprint density at radius 2 is 1.97 bits per heavy atom. The Labute approximate surface area is 201 Å². The van der Waals surface area contributed by atoms with E-state index >= 15 is 0 Å². The van der Waals surface area contributed by atoms with Gasteiger partial charge >= 0.3 is 5.97 Å². The predicted octanol–water partition coefficient (Wildman–Crippen LogP) is 4.88. The maximum Gasteiger partial charge on any atom is 0.337 e. The van der Waals surface area contributed by atoms with Gasteiger partial charge in [-0.3, -0.25) is 4.98 Å². The van der Waals surface area contributed by atoms with E-state index in [-0.39, 0.29) is 17.3 Å². The summed E-state index contributed by atoms with van der Waals surface area (Å²) in [6.07, 6.45) is 2.92. The highest BCUT2D eigenvalue weighted by molar-refractivity contribution is 14.1. The zero-order chi connectivity index (χ0) is 23.6. The third-order valence-electron chi connectivity index (χ3n) is 4.41. The van der Waals surface area contributed by atoms with Crippen molar-refractivity contribution >= 4 is 61.6 Å². The van der Waals surface area contributed by atoms with Crippen LogP contribution in [0.4, 0.5) is 20.2 Å². The van der Waals surface area contributed by atoms with Crippen molar-refractivity contribution in [3.05, 3.63) is 80.1 Å². The molecule has 1 heterocycles. The molecule has 0 saturated heterocycles. The standard InChI is InChI=1S/C20H15ClF2IN3O4S/c1-27(10-11-3-2-6-25-9-11)32(30,31)16-8-13(20(28)29)19(18(23)17(16)22)26-15-5-4-12(24)7-14(15)21/h2-9,26H,10H2,1H3,(H,28,29). The van der Waals surface area contributed by atoms with Gasteiger partial charge in [0.25, 0.3) is 0 Å². The third kappa shape index (κ3) is 5.00. The van der Waals surface area contributed by atoms with E-state index in [1.807, 2.05) is 22.6 Å². The molecule has 0 unspecified atom stereocenters. The minimum Gasteiger partial charge on any atom is -0.478 e. The van der Waals surface area contributed by atoms with Gasteiger partial charge in [-0.15, -0.1) is 0 Å². The molecule has 0 amide bonds. The monoisotopic (exact) mass is 593 g/mol. The van der Waals surface area contributed by atoms with Crippen molar-refractivity contribution in [2.45, 2.75) is 11.4 Å². The van der Waals surface area contributed by atoms with Crippen molar-refractivity contribution in [3.63, 3.8) is 0 Å². The van der Waals surface area contributed by atoms with Gasteiger partial charge < -0.3 is 10.4 Å². The first-order valence-corrected chi connectivity index (χ1v) is 11.7. The first kappa shape index (κ1) is 24.3. The number of carbonyl (C=O) groups is 1. The molecule has 0 saturated carbocycles. The van der Waals surface area contributed by atoms with E-state index in [0.29, 0.717) is 11.6 Å². The fourth-order valence-corrected chi connectivity index (χ4v) is 4.95. The molecule has 0 bridgehead atoms. The molecule has 12 heteroatoms. The number of anilines is 2. The molecule has 0 aliphatic rings. The number of aromatic carboxylic acids is 1. The molecular weight excluding hydrogens is 579 g/mol. The number of carboxylic acid groups (broad SMARTS) is 1. The second-order valence-electron chi connectivity index (χ2n) is 6.60. The molecule has 2 aromatic carbocycles. The van der Waals surface area contributed by atoms with Crippen molar-refractivity contribution in [3.8, 4) is 0 Å². The van der Waals surface area contributed by atoms with Crippen LogP contribution in [0.3, 0.4) is 0 Å². The van der Waals surface area contributed by atoms with Gasteiger partial charge in [0.1, 0.15) is 4.90 Å². The summed E-state index contributed by atoms with van der Waals surface area (Å²) in [6.45, 7) is -0.183. The van der Waals surface area contributed by atoms with E-state index in [0.717, 1.165) is 14.9 Å². The number of sulfonamides is 1. The van der Waals surface area contributed by atoms with Crippen molar-refractivity contribution in [2.24, 2.45) is 0 Å². The zero-order valence-corrected chi connectivity index (χ0v) is 20.0. The number of halogens is 4. The molecule has 1 aromatic heterocycles. The third-order valence-corrected chi connectivity index (χ3v) is 7.20. The van der Waals surface area contributed by atoms with E-state index in [1.54, 1.807) is 18.2 Å². The van der Waals surface area contributed by atoms with E-state index in [2.05, 4.69) is 10.3 Å². The zero-order valence-electron chi connectivity index (χ0n) is 16.3. The quantitative estimate of drug-likeness (QED) is 0.379. The van der Waals surface area contributed by atoms with Crippen molar-refractivity contribution in [1.82, 2.24) is 9.29 Å². The molecule has 0 radical (unpaired) electrons. The average molecular weight is 594 g/mol. The Morgan fingerprint density at radius 3 is 2.56 bits per heavy atom. The smallest absolute Gasteiger partial charge is 0.337 e. The van der Waals surface area contributed by atoms with Crippen molar-refractivity contribution in [2.75, 3.05) is 12.4 Å². The lowest BCUT2D eigenvalue weighted by molar-refractivity contribution is 0.0697. The van der Waals surface area contributed by atoms with Crippen LogP contribution in [0, 0.1) is 15.2 Å². The van der Waals surface area contributed by atoms with Gasteiger partial charge in [-0.1, -0.05) is 17.7 Å². The molecule has 0 spiro atoms. The highest BCUT2D eigenvalue weighted by Gasteiger charge is 2.32. The Balaban J connectivity index is 2.07. The van der Waals surface area contributed by atoms with E-state index in [1.165, 1.54) is 24.5 Å². The molecule has 3 aromatic rings. The number of hydrogen-bond donors (Lipinski definition) is 2. The topological polar surface area (TPSA) is 99.6 Å². The summed E-state index contributed by atoms with van der Waals surface area (Å²) in [5.74, 6) is -5.02. The number of aromatic nitrogens is 1. The van der Waals surface area contributed by atoms with Crippen LogP contribution in [0.25, 0.3) is 0 Å². The van der Waals surface area contributed by atoms with Crippen molar-refractivity contribution in [1.29, 1.82) is 0 Å². The Morgan fingerprint density at radius 1 is 1.25 bits per heavy atom. The molecular formula is C20H15ClF2IN3O4S. The molecule has 2 N–H and O–H groups in total. The van der Waals surface area contributed by atoms with Gasteiger partial charge in [-0.2, -0.15) is 4.31 Å². The van der Waals surface area contributed by atoms with E-state index < -0.39 is 43.8 Å². The van der Waals surface area contributed by atoms with E-state index in [4.69, 9.17) is 11.6 Å². The summed E-state index contributed by atoms with van der Waals surface area (Å²) in [7, 11) is -3.41. The lowest BCUT2D eigenvalue weighted by atomic mass is 10.1. The summed E-state index contributed by atoms with van der Waals surface area (Å²) >= 11 is 8.08. The van der Waals surface area contributed by atoms with Gasteiger partial charge in [0.2, 0.25) is 10.0 Å². The average Bonchev–Trinajstić information content (AvgIpc) is 2.73. The first-order valence-electron chi connectivity index (χ1n) is 8.85. The molecule has 0 fully saturated rings. The van der Waals surface area contributed by atoms with Gasteiger partial charge in [0.15, 0.2) is 11.6 Å². The lowest BCUT2D eigenvalue weighted by Crippen LogP contribution is -2.28. The minimum atomic E-state index is -4.58. The normalized spacial score (nSPS) is 11.6. The fraction of sp³-hybridized carbons (Fsp3) is 0.100. The fourth-order valence-electron chi connectivity index (χ4n) is 2.81. The largest absolute Gasteiger partial charge is 0.478 e. The van der Waals surface area contributed by atoms with Crippen LogP contribution in [0.15, 0.2) is 53.7 Å². The maximum absolute atomic E-state index is 15.0. The number of benzene rings is 2. The molecule has 3 rings (SSSR count). The summed E-state index contributed by atoms with van der Waals surface area (Å²) in [5.41, 5.74) is -0.888. The number of nitrogens with one attached hydrogen (secondary N) is 1. The lowest BCUT2D eigenvalue weighted by Gasteiger charge is -2.20. The highest BCUT2D eigenvalue weighted by atomic mass is 127. The SMILES string of the molecule is CN(Cc1cccnc1)S(=O)(=O)c1cc(C(=O)O)c(Nc2ccc(I)cc2Cl)c(F)c1F. The van der Waals surface area contributed by atoms with Gasteiger partial charge in [-0.05, 0) is 58.5 Å². The van der Waals surface area contributed by atoms with Gasteiger partial charge in [-0.25, -0.2) is 22.0 Å². The van der Waals surface area contributed by atoms with Gasteiger partial charge in [0, 0.05) is 29.6 Å². The number of hydrogen-bond acceptors (Lipinski definition) is 5. The first-order chi connectivity index (χ1) is 15.0. The summed E-state index contributed by atoms with van der Waals surface area (Å²) in [5, 5.41) is 12.2. The summed E-state index contributed by atoms with van der Waals surface area (Å²) in [4.78, 5) is 14.5. The molecule has 0 aliphatic heterocycles. The maximum atomic E-state index is 15.0. The number of rotatable bonds is 7. The van der Waals surface area contributed by atoms with Crippen LogP contribution in [0.1, 0.15) is 15.9 Å². The van der Waals surface area contributed by atoms with Crippen LogP contribution < -0.4 is 5.32 Å².